The maximum Gasteiger partial charge on any atom is 0.255 e. The summed E-state index contributed by atoms with van der Waals surface area (Å²) < 4.78 is 0. The third-order valence-electron chi connectivity index (χ3n) is 3.76. The molecule has 0 bridgehead atoms. The van der Waals surface area contributed by atoms with Gasteiger partial charge < -0.3 is 26.5 Å². The number of rotatable bonds is 6. The molecule has 0 aliphatic heterocycles. The maximum atomic E-state index is 12.4. The first-order valence-corrected chi connectivity index (χ1v) is 7.57. The number of H-pyrrole nitrogens is 1. The van der Waals surface area contributed by atoms with Crippen molar-refractivity contribution in [1.29, 1.82) is 0 Å². The average Bonchev–Trinajstić information content (AvgIpc) is 2.99. The SMILES string of the molecule is Nc1nc2ccc(NC(=O)C(O)C(NC=O)c3ccccc3)cc2[nH]1. The van der Waals surface area contributed by atoms with E-state index in [9.17, 15) is 14.7 Å². The summed E-state index contributed by atoms with van der Waals surface area (Å²) in [5.41, 5.74) is 8.01. The zero-order chi connectivity index (χ0) is 17.8. The summed E-state index contributed by atoms with van der Waals surface area (Å²) in [5.74, 6) is -0.368. The molecule has 0 aliphatic carbocycles. The maximum absolute atomic E-state index is 12.4. The number of amides is 2. The number of hydrogen-bond acceptors (Lipinski definition) is 5. The van der Waals surface area contributed by atoms with Gasteiger partial charge in [0.2, 0.25) is 6.41 Å². The first kappa shape index (κ1) is 16.5. The number of aromatic nitrogens is 2. The van der Waals surface area contributed by atoms with Crippen molar-refractivity contribution in [1.82, 2.24) is 15.3 Å². The van der Waals surface area contributed by atoms with Gasteiger partial charge in [-0.25, -0.2) is 4.98 Å². The van der Waals surface area contributed by atoms with Crippen LogP contribution < -0.4 is 16.4 Å². The highest BCUT2D eigenvalue weighted by Gasteiger charge is 2.27. The largest absolute Gasteiger partial charge is 0.381 e. The van der Waals surface area contributed by atoms with Crippen molar-refractivity contribution < 1.29 is 14.7 Å². The number of nitrogens with zero attached hydrogens (tertiary/aromatic N) is 1. The molecule has 2 amide bonds. The Morgan fingerprint density at radius 3 is 2.72 bits per heavy atom. The number of carbonyl (C=O) groups is 2. The molecule has 2 atom stereocenters. The Hall–Kier alpha value is -3.39. The lowest BCUT2D eigenvalue weighted by Crippen LogP contribution is -2.39. The van der Waals surface area contributed by atoms with E-state index in [-0.39, 0.29) is 5.95 Å². The number of benzene rings is 2. The number of fused-ring (bicyclic) bond motifs is 1. The Morgan fingerprint density at radius 1 is 1.24 bits per heavy atom. The molecule has 0 radical (unpaired) electrons. The van der Waals surface area contributed by atoms with Gasteiger partial charge in [0.25, 0.3) is 5.91 Å². The Labute approximate surface area is 143 Å². The fraction of sp³-hybridized carbons (Fsp3) is 0.118. The van der Waals surface area contributed by atoms with Crippen LogP contribution in [0.1, 0.15) is 11.6 Å². The molecule has 2 aromatic carbocycles. The van der Waals surface area contributed by atoms with Crippen molar-refractivity contribution in [3.05, 3.63) is 54.1 Å². The Balaban J connectivity index is 1.78. The zero-order valence-corrected chi connectivity index (χ0v) is 13.1. The molecule has 0 saturated heterocycles. The van der Waals surface area contributed by atoms with Gasteiger partial charge in [0.1, 0.15) is 0 Å². The van der Waals surface area contributed by atoms with Crippen LogP contribution in [0.2, 0.25) is 0 Å². The van der Waals surface area contributed by atoms with Crippen molar-refractivity contribution >= 4 is 35.0 Å². The molecule has 1 aromatic heterocycles. The predicted molar refractivity (Wildman–Crippen MR) is 93.5 cm³/mol. The van der Waals surface area contributed by atoms with Gasteiger partial charge in [0.05, 0.1) is 17.1 Å². The average molecular weight is 339 g/mol. The number of nitrogens with one attached hydrogen (secondary N) is 3. The van der Waals surface area contributed by atoms with E-state index in [2.05, 4.69) is 20.6 Å². The summed E-state index contributed by atoms with van der Waals surface area (Å²) in [5, 5.41) is 15.5. The fourth-order valence-electron chi connectivity index (χ4n) is 2.58. The molecule has 2 unspecified atom stereocenters. The standard InChI is InChI=1S/C17H17N5O3/c18-17-21-12-7-6-11(8-13(12)22-17)20-16(25)15(24)14(19-9-23)10-4-2-1-3-5-10/h1-9,14-15,24H,(H,19,23)(H,20,25)(H3,18,21,22). The molecule has 25 heavy (non-hydrogen) atoms. The second-order valence-electron chi connectivity index (χ2n) is 5.46. The van der Waals surface area contributed by atoms with Crippen molar-refractivity contribution in [2.24, 2.45) is 0 Å². The lowest BCUT2D eigenvalue weighted by atomic mass is 10.0. The van der Waals surface area contributed by atoms with Crippen LogP contribution in [0.5, 0.6) is 0 Å². The van der Waals surface area contributed by atoms with E-state index >= 15 is 0 Å². The molecule has 0 fully saturated rings. The van der Waals surface area contributed by atoms with Gasteiger partial charge in [-0.15, -0.1) is 0 Å². The lowest BCUT2D eigenvalue weighted by molar-refractivity contribution is -0.126. The number of aliphatic hydroxyl groups is 1. The Kier molecular flexibility index (Phi) is 4.62. The van der Waals surface area contributed by atoms with Crippen LogP contribution in [0.25, 0.3) is 11.0 Å². The third-order valence-corrected chi connectivity index (χ3v) is 3.76. The molecule has 8 heteroatoms. The molecular weight excluding hydrogens is 322 g/mol. The fourth-order valence-corrected chi connectivity index (χ4v) is 2.58. The molecule has 3 aromatic rings. The van der Waals surface area contributed by atoms with Gasteiger partial charge in [-0.2, -0.15) is 0 Å². The summed E-state index contributed by atoms with van der Waals surface area (Å²) in [6.45, 7) is 0. The number of aliphatic hydroxyl groups excluding tert-OH is 1. The van der Waals surface area contributed by atoms with E-state index in [0.717, 1.165) is 0 Å². The molecule has 6 N–H and O–H groups in total. The molecule has 8 nitrogen and oxygen atoms in total. The van der Waals surface area contributed by atoms with Crippen LogP contribution in [0.3, 0.4) is 0 Å². The van der Waals surface area contributed by atoms with Crippen molar-refractivity contribution in [3.63, 3.8) is 0 Å². The first-order chi connectivity index (χ1) is 12.1. The predicted octanol–water partition coefficient (Wildman–Crippen LogP) is 0.932. The van der Waals surface area contributed by atoms with Crippen molar-refractivity contribution in [2.75, 3.05) is 11.1 Å². The molecule has 128 valence electrons. The number of hydrogen-bond donors (Lipinski definition) is 5. The highest BCUT2D eigenvalue weighted by atomic mass is 16.3. The van der Waals surface area contributed by atoms with Gasteiger partial charge >= 0.3 is 0 Å². The summed E-state index contributed by atoms with van der Waals surface area (Å²) in [6.07, 6.45) is -1.01. The van der Waals surface area contributed by atoms with Crippen LogP contribution in [-0.2, 0) is 9.59 Å². The molecular formula is C17H17N5O3. The smallest absolute Gasteiger partial charge is 0.255 e. The molecule has 3 rings (SSSR count). The minimum Gasteiger partial charge on any atom is -0.381 e. The molecule has 0 saturated carbocycles. The Morgan fingerprint density at radius 2 is 2.00 bits per heavy atom. The first-order valence-electron chi connectivity index (χ1n) is 7.57. The van der Waals surface area contributed by atoms with Gasteiger partial charge in [-0.3, -0.25) is 9.59 Å². The van der Waals surface area contributed by atoms with Crippen LogP contribution in [0, 0.1) is 0 Å². The number of aromatic amines is 1. The number of imidazole rings is 1. The summed E-state index contributed by atoms with van der Waals surface area (Å²) in [4.78, 5) is 30.2. The highest BCUT2D eigenvalue weighted by Crippen LogP contribution is 2.21. The monoisotopic (exact) mass is 339 g/mol. The van der Waals surface area contributed by atoms with Crippen LogP contribution in [-0.4, -0.2) is 33.5 Å². The second-order valence-corrected chi connectivity index (χ2v) is 5.46. The summed E-state index contributed by atoms with van der Waals surface area (Å²) in [7, 11) is 0. The minimum atomic E-state index is -1.46. The number of anilines is 2. The van der Waals surface area contributed by atoms with Crippen molar-refractivity contribution in [3.8, 4) is 0 Å². The van der Waals surface area contributed by atoms with E-state index in [4.69, 9.17) is 5.73 Å². The second kappa shape index (κ2) is 7.02. The van der Waals surface area contributed by atoms with Crippen LogP contribution >= 0.6 is 0 Å². The van der Waals surface area contributed by atoms with Crippen LogP contribution in [0.4, 0.5) is 11.6 Å². The van der Waals surface area contributed by atoms with Crippen molar-refractivity contribution in [2.45, 2.75) is 12.1 Å². The summed E-state index contributed by atoms with van der Waals surface area (Å²) in [6, 6.07) is 12.9. The minimum absolute atomic E-state index is 0.276. The Bertz CT molecular complexity index is 894. The van der Waals surface area contributed by atoms with Gasteiger partial charge in [0, 0.05) is 5.69 Å². The van der Waals surface area contributed by atoms with E-state index in [1.54, 1.807) is 48.5 Å². The molecule has 0 spiro atoms. The number of nitrogens with two attached hydrogens (primary N) is 1. The van der Waals surface area contributed by atoms with Gasteiger partial charge in [-0.05, 0) is 23.8 Å². The van der Waals surface area contributed by atoms with E-state index in [0.29, 0.717) is 28.7 Å². The van der Waals surface area contributed by atoms with E-state index in [1.165, 1.54) is 0 Å². The van der Waals surface area contributed by atoms with Gasteiger partial charge in [0.15, 0.2) is 12.1 Å². The summed E-state index contributed by atoms with van der Waals surface area (Å²) >= 11 is 0. The normalized spacial score (nSPS) is 13.2. The molecule has 0 aliphatic rings. The zero-order valence-electron chi connectivity index (χ0n) is 13.1. The highest BCUT2D eigenvalue weighted by molar-refractivity contribution is 5.96. The van der Waals surface area contributed by atoms with E-state index in [1.807, 2.05) is 0 Å². The third kappa shape index (κ3) is 3.59. The topological polar surface area (TPSA) is 133 Å². The van der Waals surface area contributed by atoms with Gasteiger partial charge in [-0.1, -0.05) is 30.3 Å². The number of nitrogen functional groups attached to an aromatic ring is 1. The number of carbonyl (C=O) groups excluding carboxylic acids is 2. The van der Waals surface area contributed by atoms with Crippen LogP contribution in [0.15, 0.2) is 48.5 Å². The van der Waals surface area contributed by atoms with E-state index < -0.39 is 18.1 Å². The lowest BCUT2D eigenvalue weighted by Gasteiger charge is -2.22. The molecule has 1 heterocycles. The quantitative estimate of drug-likeness (QED) is 0.426.